The maximum absolute atomic E-state index is 12.4. The molecule has 1 aromatic heterocycles. The molecule has 2 heterocycles. The fraction of sp³-hybridized carbons (Fsp3) is 0.368. The molecular weight excluding hydrogens is 336 g/mol. The quantitative estimate of drug-likeness (QED) is 0.834. The van der Waals surface area contributed by atoms with Crippen LogP contribution < -0.4 is 5.32 Å². The fourth-order valence-corrected chi connectivity index (χ4v) is 3.77. The highest BCUT2D eigenvalue weighted by Gasteiger charge is 2.26. The van der Waals surface area contributed by atoms with Gasteiger partial charge in [-0.1, -0.05) is 18.2 Å². The first-order valence-corrected chi connectivity index (χ1v) is 9.35. The van der Waals surface area contributed by atoms with Crippen LogP contribution in [-0.2, 0) is 4.79 Å². The normalized spacial score (nSPS) is 16.4. The fourth-order valence-electron chi connectivity index (χ4n) is 2.87. The van der Waals surface area contributed by atoms with Gasteiger partial charge in [0.05, 0.1) is 17.1 Å². The molecular formula is C19H22N2O3S. The Morgan fingerprint density at radius 1 is 1.20 bits per heavy atom. The number of carbonyl (C=O) groups excluding carboxylic acids is 2. The number of piperidine rings is 1. The average Bonchev–Trinajstić information content (AvgIpc) is 3.17. The van der Waals surface area contributed by atoms with Gasteiger partial charge in [0.2, 0.25) is 5.91 Å². The topological polar surface area (TPSA) is 62.6 Å². The van der Waals surface area contributed by atoms with Gasteiger partial charge in [0.25, 0.3) is 5.91 Å². The predicted molar refractivity (Wildman–Crippen MR) is 97.5 cm³/mol. The average molecular weight is 358 g/mol. The van der Waals surface area contributed by atoms with Gasteiger partial charge in [-0.05, 0) is 38.0 Å². The number of likely N-dealkylation sites (tertiary alicyclic amines) is 1. The van der Waals surface area contributed by atoms with Crippen molar-refractivity contribution >= 4 is 23.6 Å². The van der Waals surface area contributed by atoms with Gasteiger partial charge in [-0.2, -0.15) is 0 Å². The monoisotopic (exact) mass is 358 g/mol. The lowest BCUT2D eigenvalue weighted by Crippen LogP contribution is -2.48. The van der Waals surface area contributed by atoms with E-state index in [0.717, 1.165) is 17.7 Å². The second kappa shape index (κ2) is 8.25. The van der Waals surface area contributed by atoms with Crippen molar-refractivity contribution in [2.45, 2.75) is 36.0 Å². The molecule has 1 aliphatic rings. The molecule has 0 saturated carbocycles. The standard InChI is InChI=1S/C19H22N2O3S/c1-14(25-17-5-3-2-4-6-17)18(22)20-16-7-10-21(11-8-16)19(23)15-9-12-24-13-15/h2-6,9,12-14,16H,7-8,10-11H2,1H3,(H,20,22). The van der Waals surface area contributed by atoms with E-state index >= 15 is 0 Å². The Labute approximate surface area is 151 Å². The van der Waals surface area contributed by atoms with Crippen molar-refractivity contribution in [1.82, 2.24) is 10.2 Å². The Hall–Kier alpha value is -2.21. The number of hydrogen-bond donors (Lipinski definition) is 1. The van der Waals surface area contributed by atoms with E-state index in [1.807, 2.05) is 42.2 Å². The number of amides is 2. The molecule has 2 amide bonds. The van der Waals surface area contributed by atoms with Crippen LogP contribution in [0.25, 0.3) is 0 Å². The van der Waals surface area contributed by atoms with E-state index < -0.39 is 0 Å². The molecule has 2 aromatic rings. The van der Waals surface area contributed by atoms with Crippen LogP contribution in [0.3, 0.4) is 0 Å². The van der Waals surface area contributed by atoms with E-state index in [4.69, 9.17) is 4.42 Å². The van der Waals surface area contributed by atoms with Gasteiger partial charge in [0.15, 0.2) is 0 Å². The van der Waals surface area contributed by atoms with E-state index in [2.05, 4.69) is 5.32 Å². The molecule has 1 saturated heterocycles. The lowest BCUT2D eigenvalue weighted by Gasteiger charge is -2.32. The lowest BCUT2D eigenvalue weighted by atomic mass is 10.0. The van der Waals surface area contributed by atoms with Gasteiger partial charge in [-0.25, -0.2) is 0 Å². The van der Waals surface area contributed by atoms with Crippen molar-refractivity contribution in [1.29, 1.82) is 0 Å². The minimum absolute atomic E-state index is 0.00784. The number of furan rings is 1. The van der Waals surface area contributed by atoms with E-state index in [9.17, 15) is 9.59 Å². The van der Waals surface area contributed by atoms with Gasteiger partial charge in [0.1, 0.15) is 6.26 Å². The minimum atomic E-state index is -0.145. The summed E-state index contributed by atoms with van der Waals surface area (Å²) in [6.07, 6.45) is 4.53. The number of nitrogens with one attached hydrogen (secondary N) is 1. The molecule has 3 rings (SSSR count). The summed E-state index contributed by atoms with van der Waals surface area (Å²) in [7, 11) is 0. The maximum atomic E-state index is 12.4. The minimum Gasteiger partial charge on any atom is -0.472 e. The Morgan fingerprint density at radius 3 is 2.56 bits per heavy atom. The largest absolute Gasteiger partial charge is 0.472 e. The summed E-state index contributed by atoms with van der Waals surface area (Å²) >= 11 is 1.56. The van der Waals surface area contributed by atoms with Crippen molar-refractivity contribution in [2.24, 2.45) is 0 Å². The molecule has 1 N–H and O–H groups in total. The number of benzene rings is 1. The Kier molecular flexibility index (Phi) is 5.81. The third-order valence-electron chi connectivity index (χ3n) is 4.32. The number of thioether (sulfide) groups is 1. The summed E-state index contributed by atoms with van der Waals surface area (Å²) in [5.41, 5.74) is 0.579. The number of hydrogen-bond acceptors (Lipinski definition) is 4. The second-order valence-electron chi connectivity index (χ2n) is 6.16. The van der Waals surface area contributed by atoms with Crippen LogP contribution in [0.4, 0.5) is 0 Å². The van der Waals surface area contributed by atoms with Gasteiger partial charge in [-0.15, -0.1) is 11.8 Å². The van der Waals surface area contributed by atoms with E-state index in [1.165, 1.54) is 12.5 Å². The van der Waals surface area contributed by atoms with Gasteiger partial charge >= 0.3 is 0 Å². The molecule has 6 heteroatoms. The molecule has 5 nitrogen and oxygen atoms in total. The number of carbonyl (C=O) groups is 2. The molecule has 0 spiro atoms. The molecule has 25 heavy (non-hydrogen) atoms. The summed E-state index contributed by atoms with van der Waals surface area (Å²) in [5.74, 6) is 0.0417. The molecule has 1 atom stereocenters. The summed E-state index contributed by atoms with van der Waals surface area (Å²) in [4.78, 5) is 27.6. The van der Waals surface area contributed by atoms with Crippen molar-refractivity contribution in [3.63, 3.8) is 0 Å². The number of rotatable bonds is 5. The van der Waals surface area contributed by atoms with Gasteiger partial charge in [0, 0.05) is 24.0 Å². The first kappa shape index (κ1) is 17.6. The summed E-state index contributed by atoms with van der Waals surface area (Å²) in [6, 6.07) is 11.7. The molecule has 1 unspecified atom stereocenters. The molecule has 132 valence electrons. The van der Waals surface area contributed by atoms with E-state index in [1.54, 1.807) is 17.8 Å². The Morgan fingerprint density at radius 2 is 1.92 bits per heavy atom. The van der Waals surface area contributed by atoms with Crippen LogP contribution in [0.1, 0.15) is 30.1 Å². The predicted octanol–water partition coefficient (Wildman–Crippen LogP) is 3.18. The first-order chi connectivity index (χ1) is 12.1. The summed E-state index contributed by atoms with van der Waals surface area (Å²) in [6.45, 7) is 3.22. The Balaban J connectivity index is 1.45. The molecule has 0 bridgehead atoms. The van der Waals surface area contributed by atoms with Gasteiger partial charge in [-0.3, -0.25) is 9.59 Å². The zero-order chi connectivity index (χ0) is 17.6. The molecule has 1 aromatic carbocycles. The van der Waals surface area contributed by atoms with Crippen molar-refractivity contribution in [2.75, 3.05) is 13.1 Å². The summed E-state index contributed by atoms with van der Waals surface area (Å²) < 4.78 is 4.97. The second-order valence-corrected chi connectivity index (χ2v) is 7.57. The number of nitrogens with zero attached hydrogens (tertiary/aromatic N) is 1. The van der Waals surface area contributed by atoms with Crippen molar-refractivity contribution in [3.05, 3.63) is 54.5 Å². The highest BCUT2D eigenvalue weighted by atomic mass is 32.2. The highest BCUT2D eigenvalue weighted by Crippen LogP contribution is 2.23. The van der Waals surface area contributed by atoms with Gasteiger partial charge < -0.3 is 14.6 Å². The van der Waals surface area contributed by atoms with Crippen LogP contribution in [0.15, 0.2) is 58.2 Å². The third kappa shape index (κ3) is 4.66. The summed E-state index contributed by atoms with van der Waals surface area (Å²) in [5, 5.41) is 2.97. The van der Waals surface area contributed by atoms with Crippen LogP contribution in [0, 0.1) is 0 Å². The molecule has 0 radical (unpaired) electrons. The third-order valence-corrected chi connectivity index (χ3v) is 5.43. The first-order valence-electron chi connectivity index (χ1n) is 8.47. The smallest absolute Gasteiger partial charge is 0.257 e. The maximum Gasteiger partial charge on any atom is 0.257 e. The van der Waals surface area contributed by atoms with E-state index in [0.29, 0.717) is 18.7 Å². The van der Waals surface area contributed by atoms with Crippen molar-refractivity contribution in [3.8, 4) is 0 Å². The van der Waals surface area contributed by atoms with Crippen LogP contribution in [0.2, 0.25) is 0 Å². The van der Waals surface area contributed by atoms with Crippen LogP contribution in [-0.4, -0.2) is 41.1 Å². The lowest BCUT2D eigenvalue weighted by molar-refractivity contribution is -0.121. The van der Waals surface area contributed by atoms with Crippen molar-refractivity contribution < 1.29 is 14.0 Å². The molecule has 0 aliphatic carbocycles. The Bertz CT molecular complexity index is 695. The molecule has 1 fully saturated rings. The van der Waals surface area contributed by atoms with Crippen LogP contribution >= 0.6 is 11.8 Å². The zero-order valence-electron chi connectivity index (χ0n) is 14.2. The van der Waals surface area contributed by atoms with Crippen LogP contribution in [0.5, 0.6) is 0 Å². The zero-order valence-corrected chi connectivity index (χ0v) is 15.0. The molecule has 1 aliphatic heterocycles. The SMILES string of the molecule is CC(Sc1ccccc1)C(=O)NC1CCN(C(=O)c2ccoc2)CC1. The highest BCUT2D eigenvalue weighted by molar-refractivity contribution is 8.00. The van der Waals surface area contributed by atoms with E-state index in [-0.39, 0.29) is 23.1 Å².